The Labute approximate surface area is 210 Å². The Balaban J connectivity index is 1.38. The van der Waals surface area contributed by atoms with Crippen molar-refractivity contribution in [2.45, 2.75) is 24.9 Å². The molecule has 2 N–H and O–H groups in total. The summed E-state index contributed by atoms with van der Waals surface area (Å²) in [4.78, 5) is 29.6. The summed E-state index contributed by atoms with van der Waals surface area (Å²) in [6.45, 7) is 0.623. The fourth-order valence-corrected chi connectivity index (χ4v) is 5.11. The second kappa shape index (κ2) is 9.15. The molecule has 3 heterocycles. The number of fused-ring (bicyclic) bond motifs is 1. The van der Waals surface area contributed by atoms with Crippen LogP contribution < -0.4 is 5.56 Å². The van der Waals surface area contributed by atoms with E-state index in [4.69, 9.17) is 23.2 Å². The lowest BCUT2D eigenvalue weighted by atomic mass is 9.84. The number of benzene rings is 2. The molecule has 1 aliphatic rings. The van der Waals surface area contributed by atoms with E-state index in [1.807, 2.05) is 30.3 Å². The lowest BCUT2D eigenvalue weighted by Crippen LogP contribution is -2.45. The molecule has 1 amide bonds. The molecule has 1 fully saturated rings. The molecule has 2 aromatic heterocycles. The minimum absolute atomic E-state index is 0.0371. The predicted molar refractivity (Wildman–Crippen MR) is 133 cm³/mol. The number of aliphatic hydroxyl groups is 1. The van der Waals surface area contributed by atoms with E-state index in [2.05, 4.69) is 4.98 Å². The van der Waals surface area contributed by atoms with E-state index >= 15 is 0 Å². The van der Waals surface area contributed by atoms with E-state index in [1.165, 1.54) is 24.4 Å². The van der Waals surface area contributed by atoms with Gasteiger partial charge in [-0.1, -0.05) is 59.6 Å². The maximum absolute atomic E-state index is 14.7. The van der Waals surface area contributed by atoms with E-state index in [-0.39, 0.29) is 27.7 Å². The number of carbonyl (C=O) groups is 1. The summed E-state index contributed by atoms with van der Waals surface area (Å²) in [7, 11) is 0. The van der Waals surface area contributed by atoms with E-state index in [0.717, 1.165) is 5.56 Å². The lowest BCUT2D eigenvalue weighted by molar-refractivity contribution is -0.0212. The van der Waals surface area contributed by atoms with Gasteiger partial charge in [-0.3, -0.25) is 14.0 Å². The number of rotatable bonds is 4. The highest BCUT2D eigenvalue weighted by atomic mass is 35.5. The Hall–Kier alpha value is -3.13. The van der Waals surface area contributed by atoms with Gasteiger partial charge in [-0.05, 0) is 42.2 Å². The fourth-order valence-electron chi connectivity index (χ4n) is 4.66. The first kappa shape index (κ1) is 23.6. The number of piperidine rings is 1. The number of hydrogen-bond acceptors (Lipinski definition) is 3. The molecule has 4 aromatic rings. The summed E-state index contributed by atoms with van der Waals surface area (Å²) in [5, 5.41) is 11.5. The van der Waals surface area contributed by atoms with Gasteiger partial charge in [0, 0.05) is 31.4 Å². The van der Waals surface area contributed by atoms with Gasteiger partial charge in [0.2, 0.25) is 0 Å². The van der Waals surface area contributed by atoms with Gasteiger partial charge in [-0.25, -0.2) is 4.39 Å². The van der Waals surface area contributed by atoms with Gasteiger partial charge in [0.1, 0.15) is 16.5 Å². The normalized spacial score (nSPS) is 15.5. The van der Waals surface area contributed by atoms with Crippen LogP contribution in [0.3, 0.4) is 0 Å². The van der Waals surface area contributed by atoms with Crippen molar-refractivity contribution in [3.8, 4) is 0 Å². The number of aromatic nitrogens is 2. The van der Waals surface area contributed by atoms with Crippen LogP contribution in [0.4, 0.5) is 4.39 Å². The minimum atomic E-state index is -1.01. The van der Waals surface area contributed by atoms with Crippen molar-refractivity contribution in [1.29, 1.82) is 0 Å². The molecule has 1 saturated heterocycles. The number of nitrogens with zero attached hydrogens (tertiary/aromatic N) is 2. The number of carbonyl (C=O) groups excluding carboxylic acids is 1. The van der Waals surface area contributed by atoms with Crippen LogP contribution in [0.25, 0.3) is 5.52 Å². The van der Waals surface area contributed by atoms with Gasteiger partial charge in [-0.2, -0.15) is 0 Å². The van der Waals surface area contributed by atoms with Crippen LogP contribution in [-0.4, -0.2) is 38.4 Å². The quantitative estimate of drug-likeness (QED) is 0.411. The molecular weight excluding hydrogens is 492 g/mol. The fraction of sp³-hybridized carbons (Fsp3) is 0.231. The molecular formula is C26H22Cl2FN3O3. The van der Waals surface area contributed by atoms with Crippen molar-refractivity contribution in [2.24, 2.45) is 0 Å². The minimum Gasteiger partial charge on any atom is -0.385 e. The van der Waals surface area contributed by atoms with Crippen LogP contribution in [0.2, 0.25) is 10.2 Å². The van der Waals surface area contributed by atoms with Crippen LogP contribution in [0.1, 0.15) is 40.0 Å². The van der Waals surface area contributed by atoms with E-state index in [0.29, 0.717) is 42.7 Å². The van der Waals surface area contributed by atoms with Crippen molar-refractivity contribution in [3.63, 3.8) is 0 Å². The molecule has 6 nitrogen and oxygen atoms in total. The average molecular weight is 514 g/mol. The zero-order valence-corrected chi connectivity index (χ0v) is 20.1. The third-order valence-electron chi connectivity index (χ3n) is 6.62. The molecule has 0 unspecified atom stereocenters. The summed E-state index contributed by atoms with van der Waals surface area (Å²) >= 11 is 12.4. The van der Waals surface area contributed by atoms with Gasteiger partial charge in [0.15, 0.2) is 0 Å². The Morgan fingerprint density at radius 1 is 1.09 bits per heavy atom. The van der Waals surface area contributed by atoms with Gasteiger partial charge in [0.25, 0.3) is 11.5 Å². The number of likely N-dealkylation sites (tertiary alicyclic amines) is 1. The Morgan fingerprint density at radius 2 is 1.80 bits per heavy atom. The van der Waals surface area contributed by atoms with Gasteiger partial charge in [0.05, 0.1) is 16.2 Å². The Bertz CT molecular complexity index is 1470. The first-order chi connectivity index (χ1) is 16.8. The van der Waals surface area contributed by atoms with Gasteiger partial charge >= 0.3 is 0 Å². The number of halogens is 3. The molecule has 0 spiro atoms. The van der Waals surface area contributed by atoms with Crippen molar-refractivity contribution in [1.82, 2.24) is 14.3 Å². The van der Waals surface area contributed by atoms with Crippen LogP contribution >= 0.6 is 23.2 Å². The van der Waals surface area contributed by atoms with Crippen LogP contribution in [0.15, 0.2) is 65.6 Å². The number of nitrogens with one attached hydrogen (secondary N) is 1. The molecule has 0 bridgehead atoms. The highest BCUT2D eigenvalue weighted by Crippen LogP contribution is 2.33. The molecule has 35 heavy (non-hydrogen) atoms. The summed E-state index contributed by atoms with van der Waals surface area (Å²) in [6, 6.07) is 15.2. The van der Waals surface area contributed by atoms with E-state index < -0.39 is 17.3 Å². The highest BCUT2D eigenvalue weighted by Gasteiger charge is 2.36. The molecule has 0 radical (unpaired) electrons. The molecule has 0 aliphatic carbocycles. The zero-order valence-electron chi connectivity index (χ0n) is 18.6. The molecule has 180 valence electrons. The number of aromatic amines is 1. The second-order valence-corrected chi connectivity index (χ2v) is 9.56. The maximum Gasteiger partial charge on any atom is 0.272 e. The summed E-state index contributed by atoms with van der Waals surface area (Å²) in [5.41, 5.74) is 1.04. The average Bonchev–Trinajstić information content (AvgIpc) is 3.18. The van der Waals surface area contributed by atoms with E-state index in [1.54, 1.807) is 15.4 Å². The number of amides is 1. The first-order valence-corrected chi connectivity index (χ1v) is 11.9. The van der Waals surface area contributed by atoms with Crippen molar-refractivity contribution in [2.75, 3.05) is 13.1 Å². The zero-order chi connectivity index (χ0) is 24.7. The largest absolute Gasteiger partial charge is 0.385 e. The summed E-state index contributed by atoms with van der Waals surface area (Å²) in [6.07, 6.45) is 2.54. The topological polar surface area (TPSA) is 77.8 Å². The summed E-state index contributed by atoms with van der Waals surface area (Å²) < 4.78 is 16.3. The standard InChI is InChI=1S/C26H22Cl2FN3O3/c27-20-14-22-24(33)30-15-18(32(22)23(20)28)12-16-6-7-21(29)19(13-16)25(34)31-10-8-26(35,9-11-31)17-4-2-1-3-5-17/h1-7,13-15,35H,8-12H2,(H,30,33). The van der Waals surface area contributed by atoms with Crippen LogP contribution in [-0.2, 0) is 12.0 Å². The van der Waals surface area contributed by atoms with E-state index in [9.17, 15) is 19.1 Å². The molecule has 0 saturated carbocycles. The number of hydrogen-bond donors (Lipinski definition) is 2. The Morgan fingerprint density at radius 3 is 2.51 bits per heavy atom. The lowest BCUT2D eigenvalue weighted by Gasteiger charge is -2.38. The Kier molecular flexibility index (Phi) is 6.17. The van der Waals surface area contributed by atoms with Crippen molar-refractivity contribution in [3.05, 3.63) is 110 Å². The van der Waals surface area contributed by atoms with Crippen molar-refractivity contribution >= 4 is 34.6 Å². The third-order valence-corrected chi connectivity index (χ3v) is 7.38. The smallest absolute Gasteiger partial charge is 0.272 e. The molecule has 1 aliphatic heterocycles. The monoisotopic (exact) mass is 513 g/mol. The van der Waals surface area contributed by atoms with Gasteiger partial charge < -0.3 is 15.0 Å². The summed E-state index contributed by atoms with van der Waals surface area (Å²) in [5.74, 6) is -1.04. The van der Waals surface area contributed by atoms with Crippen molar-refractivity contribution < 1.29 is 14.3 Å². The molecule has 5 rings (SSSR count). The van der Waals surface area contributed by atoms with Gasteiger partial charge in [-0.15, -0.1) is 0 Å². The highest BCUT2D eigenvalue weighted by molar-refractivity contribution is 6.42. The SMILES string of the molecule is O=C(c1cc(Cc2c[nH]c(=O)c3cc(Cl)c(Cl)n23)ccc1F)N1CCC(O)(c2ccccc2)CC1. The molecule has 9 heteroatoms. The van der Waals surface area contributed by atoms with Crippen LogP contribution in [0.5, 0.6) is 0 Å². The third kappa shape index (κ3) is 4.35. The second-order valence-electron chi connectivity index (χ2n) is 8.79. The maximum atomic E-state index is 14.7. The molecule has 0 atom stereocenters. The predicted octanol–water partition coefficient (Wildman–Crippen LogP) is 4.79. The molecule has 2 aromatic carbocycles. The first-order valence-electron chi connectivity index (χ1n) is 11.2. The number of H-pyrrole nitrogens is 1. The van der Waals surface area contributed by atoms with Crippen LogP contribution in [0, 0.1) is 5.82 Å².